The lowest BCUT2D eigenvalue weighted by molar-refractivity contribution is -0.108. The Morgan fingerprint density at radius 3 is 3.19 bits per heavy atom. The van der Waals surface area contributed by atoms with Gasteiger partial charge in [0.2, 0.25) is 0 Å². The Kier molecular flexibility index (Phi) is 3.57. The van der Waals surface area contributed by atoms with Crippen molar-refractivity contribution in [2.24, 2.45) is 0 Å². The van der Waals surface area contributed by atoms with E-state index in [0.29, 0.717) is 6.54 Å². The zero-order valence-electron chi connectivity index (χ0n) is 9.61. The Balaban J connectivity index is 1.92. The molecule has 1 aliphatic heterocycles. The largest absolute Gasteiger partial charge is 0.493 e. The lowest BCUT2D eigenvalue weighted by Gasteiger charge is -2.13. The highest BCUT2D eigenvalue weighted by Gasteiger charge is 2.11. The van der Waals surface area contributed by atoms with Gasteiger partial charge in [0, 0.05) is 13.0 Å². The standard InChI is InChI=1S/C13H17NO2/c1-14(7-8-15)6-4-11-2-3-13-12(10-11)5-9-16-13/h2-3,8,10H,4-7,9H2,1H3. The molecule has 0 saturated carbocycles. The van der Waals surface area contributed by atoms with Crippen molar-refractivity contribution in [1.82, 2.24) is 4.90 Å². The van der Waals surface area contributed by atoms with E-state index in [2.05, 4.69) is 18.2 Å². The molecule has 0 amide bonds. The van der Waals surface area contributed by atoms with Crippen LogP contribution in [0.1, 0.15) is 11.1 Å². The molecule has 16 heavy (non-hydrogen) atoms. The number of likely N-dealkylation sites (N-methyl/N-ethyl adjacent to an activating group) is 1. The minimum Gasteiger partial charge on any atom is -0.493 e. The molecule has 0 fully saturated rings. The summed E-state index contributed by atoms with van der Waals surface area (Å²) in [6.45, 7) is 2.23. The molecule has 0 unspecified atom stereocenters. The van der Waals surface area contributed by atoms with Crippen molar-refractivity contribution in [2.75, 3.05) is 26.7 Å². The van der Waals surface area contributed by atoms with Crippen LogP contribution in [0, 0.1) is 0 Å². The number of benzene rings is 1. The summed E-state index contributed by atoms with van der Waals surface area (Å²) in [6.07, 6.45) is 2.95. The highest BCUT2D eigenvalue weighted by atomic mass is 16.5. The first-order valence-corrected chi connectivity index (χ1v) is 5.66. The van der Waals surface area contributed by atoms with Crippen molar-refractivity contribution in [3.8, 4) is 5.75 Å². The van der Waals surface area contributed by atoms with Gasteiger partial charge in [-0.1, -0.05) is 12.1 Å². The van der Waals surface area contributed by atoms with Gasteiger partial charge in [-0.2, -0.15) is 0 Å². The highest BCUT2D eigenvalue weighted by molar-refractivity contribution is 5.51. The molecule has 1 aliphatic rings. The summed E-state index contributed by atoms with van der Waals surface area (Å²) in [5.74, 6) is 1.03. The first-order chi connectivity index (χ1) is 7.79. The SMILES string of the molecule is CN(CC=O)CCc1ccc2c(c1)CCO2. The lowest BCUT2D eigenvalue weighted by atomic mass is 10.1. The van der Waals surface area contributed by atoms with Crippen LogP contribution in [-0.4, -0.2) is 37.9 Å². The van der Waals surface area contributed by atoms with Crippen LogP contribution in [-0.2, 0) is 17.6 Å². The fraction of sp³-hybridized carbons (Fsp3) is 0.462. The molecule has 0 saturated heterocycles. The van der Waals surface area contributed by atoms with Crippen LogP contribution in [0.15, 0.2) is 18.2 Å². The molecule has 1 aromatic carbocycles. The second kappa shape index (κ2) is 5.12. The average Bonchev–Trinajstić information content (AvgIpc) is 2.74. The average molecular weight is 219 g/mol. The second-order valence-corrected chi connectivity index (χ2v) is 4.22. The van der Waals surface area contributed by atoms with Crippen LogP contribution in [0.25, 0.3) is 0 Å². The van der Waals surface area contributed by atoms with Gasteiger partial charge in [-0.3, -0.25) is 4.90 Å². The van der Waals surface area contributed by atoms with Crippen molar-refractivity contribution >= 4 is 6.29 Å². The topological polar surface area (TPSA) is 29.5 Å². The molecular weight excluding hydrogens is 202 g/mol. The van der Waals surface area contributed by atoms with Crippen molar-refractivity contribution in [3.05, 3.63) is 29.3 Å². The van der Waals surface area contributed by atoms with E-state index in [0.717, 1.165) is 38.0 Å². The van der Waals surface area contributed by atoms with Crippen molar-refractivity contribution in [3.63, 3.8) is 0 Å². The van der Waals surface area contributed by atoms with E-state index in [1.165, 1.54) is 11.1 Å². The fourth-order valence-electron chi connectivity index (χ4n) is 1.93. The Bertz CT molecular complexity index is 376. The summed E-state index contributed by atoms with van der Waals surface area (Å²) in [5, 5.41) is 0. The number of rotatable bonds is 5. The first kappa shape index (κ1) is 11.1. The molecule has 3 heteroatoms. The Morgan fingerprint density at radius 2 is 2.38 bits per heavy atom. The molecule has 2 rings (SSSR count). The van der Waals surface area contributed by atoms with Gasteiger partial charge in [0.25, 0.3) is 0 Å². The summed E-state index contributed by atoms with van der Waals surface area (Å²) in [5.41, 5.74) is 2.64. The minimum atomic E-state index is 0.508. The summed E-state index contributed by atoms with van der Waals surface area (Å²) >= 11 is 0. The summed E-state index contributed by atoms with van der Waals surface area (Å²) in [4.78, 5) is 12.3. The number of hydrogen-bond donors (Lipinski definition) is 0. The van der Waals surface area contributed by atoms with E-state index >= 15 is 0 Å². The molecule has 1 aromatic rings. The van der Waals surface area contributed by atoms with Gasteiger partial charge in [-0.05, 0) is 30.7 Å². The van der Waals surface area contributed by atoms with Crippen molar-refractivity contribution < 1.29 is 9.53 Å². The zero-order chi connectivity index (χ0) is 11.4. The molecular formula is C13H17NO2. The van der Waals surface area contributed by atoms with Crippen LogP contribution in [0.3, 0.4) is 0 Å². The molecule has 3 nitrogen and oxygen atoms in total. The van der Waals surface area contributed by atoms with Crippen LogP contribution in [0.2, 0.25) is 0 Å². The van der Waals surface area contributed by atoms with Crippen molar-refractivity contribution in [1.29, 1.82) is 0 Å². The molecule has 0 aromatic heterocycles. The normalized spacial score (nSPS) is 13.6. The van der Waals surface area contributed by atoms with E-state index in [1.807, 2.05) is 11.9 Å². The third kappa shape index (κ3) is 2.61. The van der Waals surface area contributed by atoms with Gasteiger partial charge < -0.3 is 9.53 Å². The summed E-state index contributed by atoms with van der Waals surface area (Å²) in [7, 11) is 1.96. The predicted molar refractivity (Wildman–Crippen MR) is 62.9 cm³/mol. The second-order valence-electron chi connectivity index (χ2n) is 4.22. The molecule has 86 valence electrons. The summed E-state index contributed by atoms with van der Waals surface area (Å²) < 4.78 is 5.46. The molecule has 0 bridgehead atoms. The van der Waals surface area contributed by atoms with Crippen molar-refractivity contribution in [2.45, 2.75) is 12.8 Å². The molecule has 0 N–H and O–H groups in total. The molecule has 1 heterocycles. The van der Waals surface area contributed by atoms with E-state index in [9.17, 15) is 4.79 Å². The van der Waals surface area contributed by atoms with Crippen LogP contribution in [0.4, 0.5) is 0 Å². The van der Waals surface area contributed by atoms with Gasteiger partial charge in [0.15, 0.2) is 0 Å². The number of fused-ring (bicyclic) bond motifs is 1. The lowest BCUT2D eigenvalue weighted by Crippen LogP contribution is -2.23. The fourth-order valence-corrected chi connectivity index (χ4v) is 1.93. The van der Waals surface area contributed by atoms with E-state index in [-0.39, 0.29) is 0 Å². The number of aldehydes is 1. The number of nitrogens with zero attached hydrogens (tertiary/aromatic N) is 1. The monoisotopic (exact) mass is 219 g/mol. The van der Waals surface area contributed by atoms with E-state index in [4.69, 9.17) is 4.74 Å². The maximum Gasteiger partial charge on any atom is 0.133 e. The number of hydrogen-bond acceptors (Lipinski definition) is 3. The van der Waals surface area contributed by atoms with Gasteiger partial charge in [-0.25, -0.2) is 0 Å². The molecule has 0 radical (unpaired) electrons. The van der Waals surface area contributed by atoms with E-state index in [1.54, 1.807) is 0 Å². The molecule has 0 spiro atoms. The quantitative estimate of drug-likeness (QED) is 0.699. The van der Waals surface area contributed by atoms with Crippen LogP contribution < -0.4 is 4.74 Å². The summed E-state index contributed by atoms with van der Waals surface area (Å²) in [6, 6.07) is 6.38. The third-order valence-electron chi connectivity index (χ3n) is 2.92. The van der Waals surface area contributed by atoms with E-state index < -0.39 is 0 Å². The maximum absolute atomic E-state index is 10.3. The van der Waals surface area contributed by atoms with Crippen LogP contribution >= 0.6 is 0 Å². The Morgan fingerprint density at radius 1 is 1.50 bits per heavy atom. The van der Waals surface area contributed by atoms with Gasteiger partial charge in [-0.15, -0.1) is 0 Å². The number of carbonyl (C=O) groups excluding carboxylic acids is 1. The molecule has 0 aliphatic carbocycles. The smallest absolute Gasteiger partial charge is 0.133 e. The minimum absolute atomic E-state index is 0.508. The predicted octanol–water partition coefficient (Wildman–Crippen LogP) is 1.29. The maximum atomic E-state index is 10.3. The van der Waals surface area contributed by atoms with Gasteiger partial charge in [0.1, 0.15) is 12.0 Å². The molecule has 0 atom stereocenters. The van der Waals surface area contributed by atoms with Gasteiger partial charge >= 0.3 is 0 Å². The highest BCUT2D eigenvalue weighted by Crippen LogP contribution is 2.25. The first-order valence-electron chi connectivity index (χ1n) is 5.66. The van der Waals surface area contributed by atoms with Crippen LogP contribution in [0.5, 0.6) is 5.75 Å². The Labute approximate surface area is 96.0 Å². The zero-order valence-corrected chi connectivity index (χ0v) is 9.61. The Hall–Kier alpha value is -1.35. The number of ether oxygens (including phenoxy) is 1. The number of carbonyl (C=O) groups is 1. The third-order valence-corrected chi connectivity index (χ3v) is 2.92. The van der Waals surface area contributed by atoms with Gasteiger partial charge in [0.05, 0.1) is 13.2 Å².